The highest BCUT2D eigenvalue weighted by atomic mass is 16.6. The standard InChI is InChI=1S/C13H16N2O2/c1-13(2,3)17-11(16)9-15-8-6-10-5-4-7-14-12(10)15/h4-8H,9H2,1-3H3. The number of nitrogens with zero attached hydrogens (tertiary/aromatic N) is 2. The molecule has 0 saturated heterocycles. The summed E-state index contributed by atoms with van der Waals surface area (Å²) in [6.45, 7) is 5.77. The number of rotatable bonds is 2. The van der Waals surface area contributed by atoms with Crippen molar-refractivity contribution in [2.24, 2.45) is 0 Å². The summed E-state index contributed by atoms with van der Waals surface area (Å²) < 4.78 is 7.07. The summed E-state index contributed by atoms with van der Waals surface area (Å²) in [5, 5.41) is 1.02. The van der Waals surface area contributed by atoms with Crippen molar-refractivity contribution >= 4 is 17.0 Å². The zero-order valence-electron chi connectivity index (χ0n) is 10.3. The van der Waals surface area contributed by atoms with E-state index in [1.807, 2.05) is 45.2 Å². The van der Waals surface area contributed by atoms with Crippen molar-refractivity contribution in [3.8, 4) is 0 Å². The van der Waals surface area contributed by atoms with Gasteiger partial charge in [0.15, 0.2) is 0 Å². The zero-order valence-corrected chi connectivity index (χ0v) is 10.3. The molecule has 0 saturated carbocycles. The maximum absolute atomic E-state index is 11.7. The van der Waals surface area contributed by atoms with Crippen LogP contribution >= 0.6 is 0 Å². The van der Waals surface area contributed by atoms with E-state index < -0.39 is 5.60 Å². The Balaban J connectivity index is 2.16. The summed E-state index contributed by atoms with van der Waals surface area (Å²) in [5.74, 6) is -0.249. The Hall–Kier alpha value is -1.84. The first-order valence-corrected chi connectivity index (χ1v) is 5.57. The normalized spacial score (nSPS) is 11.7. The SMILES string of the molecule is CC(C)(C)OC(=O)Cn1ccc2cccnc21. The summed E-state index contributed by atoms with van der Waals surface area (Å²) in [4.78, 5) is 15.9. The molecule has 2 rings (SSSR count). The van der Waals surface area contributed by atoms with Crippen molar-refractivity contribution in [1.29, 1.82) is 0 Å². The summed E-state index contributed by atoms with van der Waals surface area (Å²) in [5.41, 5.74) is 0.353. The number of carbonyl (C=O) groups excluding carboxylic acids is 1. The number of hydrogen-bond donors (Lipinski definition) is 0. The van der Waals surface area contributed by atoms with Crippen LogP contribution in [0.2, 0.25) is 0 Å². The second-order valence-electron chi connectivity index (χ2n) is 4.95. The third-order valence-corrected chi connectivity index (χ3v) is 2.24. The Kier molecular flexibility index (Phi) is 2.88. The van der Waals surface area contributed by atoms with Crippen LogP contribution in [0.1, 0.15) is 20.8 Å². The highest BCUT2D eigenvalue weighted by Crippen LogP contribution is 2.13. The minimum Gasteiger partial charge on any atom is -0.459 e. The summed E-state index contributed by atoms with van der Waals surface area (Å²) in [6, 6.07) is 5.78. The van der Waals surface area contributed by atoms with Crippen LogP contribution in [0.5, 0.6) is 0 Å². The van der Waals surface area contributed by atoms with Gasteiger partial charge in [0.05, 0.1) is 0 Å². The van der Waals surface area contributed by atoms with Crippen LogP contribution in [0, 0.1) is 0 Å². The molecule has 90 valence electrons. The molecular weight excluding hydrogens is 216 g/mol. The number of fused-ring (bicyclic) bond motifs is 1. The quantitative estimate of drug-likeness (QED) is 0.747. The van der Waals surface area contributed by atoms with Gasteiger partial charge in [-0.3, -0.25) is 4.79 Å². The van der Waals surface area contributed by atoms with Gasteiger partial charge >= 0.3 is 5.97 Å². The molecule has 0 aliphatic heterocycles. The summed E-state index contributed by atoms with van der Waals surface area (Å²) in [7, 11) is 0. The molecule has 0 atom stereocenters. The van der Waals surface area contributed by atoms with Crippen LogP contribution in [-0.4, -0.2) is 21.1 Å². The van der Waals surface area contributed by atoms with Gasteiger partial charge in [-0.05, 0) is 39.0 Å². The lowest BCUT2D eigenvalue weighted by Gasteiger charge is -2.19. The van der Waals surface area contributed by atoms with Gasteiger partial charge in [-0.15, -0.1) is 0 Å². The Labute approximate surface area is 100 Å². The smallest absolute Gasteiger partial charge is 0.326 e. The van der Waals surface area contributed by atoms with Crippen LogP contribution in [0.25, 0.3) is 11.0 Å². The molecule has 0 bridgehead atoms. The molecular formula is C13H16N2O2. The number of aromatic nitrogens is 2. The molecule has 0 amide bonds. The number of carbonyl (C=O) groups is 1. The number of pyridine rings is 1. The van der Waals surface area contributed by atoms with Crippen LogP contribution in [0.15, 0.2) is 30.6 Å². The van der Waals surface area contributed by atoms with E-state index in [4.69, 9.17) is 4.74 Å². The second-order valence-corrected chi connectivity index (χ2v) is 4.95. The Bertz CT molecular complexity index is 538. The summed E-state index contributed by atoms with van der Waals surface area (Å²) in [6.07, 6.45) is 3.56. The van der Waals surface area contributed by atoms with Crippen molar-refractivity contribution < 1.29 is 9.53 Å². The first kappa shape index (κ1) is 11.6. The van der Waals surface area contributed by atoms with E-state index in [9.17, 15) is 4.79 Å². The largest absolute Gasteiger partial charge is 0.459 e. The number of esters is 1. The average molecular weight is 232 g/mol. The molecule has 2 heterocycles. The highest BCUT2D eigenvalue weighted by Gasteiger charge is 2.17. The van der Waals surface area contributed by atoms with Gasteiger partial charge in [0.1, 0.15) is 17.8 Å². The Morgan fingerprint density at radius 1 is 1.41 bits per heavy atom. The summed E-state index contributed by atoms with van der Waals surface area (Å²) >= 11 is 0. The first-order valence-electron chi connectivity index (χ1n) is 5.57. The van der Waals surface area contributed by atoms with E-state index in [1.165, 1.54) is 0 Å². The predicted molar refractivity (Wildman–Crippen MR) is 65.6 cm³/mol. The molecule has 0 radical (unpaired) electrons. The Morgan fingerprint density at radius 2 is 2.18 bits per heavy atom. The van der Waals surface area contributed by atoms with E-state index in [-0.39, 0.29) is 12.5 Å². The molecule has 4 heteroatoms. The van der Waals surface area contributed by atoms with Gasteiger partial charge in [0.2, 0.25) is 0 Å². The Morgan fingerprint density at radius 3 is 2.88 bits per heavy atom. The van der Waals surface area contributed by atoms with Gasteiger partial charge in [0, 0.05) is 17.8 Å². The van der Waals surface area contributed by atoms with Crippen LogP contribution in [0.3, 0.4) is 0 Å². The second kappa shape index (κ2) is 4.20. The van der Waals surface area contributed by atoms with Crippen LogP contribution in [0.4, 0.5) is 0 Å². The maximum Gasteiger partial charge on any atom is 0.326 e. The molecule has 2 aromatic heterocycles. The third kappa shape index (κ3) is 2.84. The number of ether oxygens (including phenoxy) is 1. The van der Waals surface area contributed by atoms with E-state index in [2.05, 4.69) is 4.98 Å². The van der Waals surface area contributed by atoms with Crippen molar-refractivity contribution in [3.63, 3.8) is 0 Å². The lowest BCUT2D eigenvalue weighted by atomic mass is 10.2. The van der Waals surface area contributed by atoms with Gasteiger partial charge in [-0.2, -0.15) is 0 Å². The van der Waals surface area contributed by atoms with Gasteiger partial charge in [-0.1, -0.05) is 0 Å². The van der Waals surface area contributed by atoms with E-state index >= 15 is 0 Å². The van der Waals surface area contributed by atoms with Crippen LogP contribution < -0.4 is 0 Å². The lowest BCUT2D eigenvalue weighted by molar-refractivity contribution is -0.155. The van der Waals surface area contributed by atoms with E-state index in [0.29, 0.717) is 0 Å². The molecule has 4 nitrogen and oxygen atoms in total. The monoisotopic (exact) mass is 232 g/mol. The maximum atomic E-state index is 11.7. The van der Waals surface area contributed by atoms with Gasteiger partial charge < -0.3 is 9.30 Å². The molecule has 0 spiro atoms. The van der Waals surface area contributed by atoms with Crippen molar-refractivity contribution in [2.75, 3.05) is 0 Å². The van der Waals surface area contributed by atoms with Crippen molar-refractivity contribution in [2.45, 2.75) is 32.9 Å². The predicted octanol–water partition coefficient (Wildman–Crippen LogP) is 2.38. The molecule has 0 fully saturated rings. The molecule has 0 aliphatic rings. The third-order valence-electron chi connectivity index (χ3n) is 2.24. The minimum absolute atomic E-state index is 0.192. The molecule has 0 aliphatic carbocycles. The highest BCUT2D eigenvalue weighted by molar-refractivity contribution is 5.78. The molecule has 17 heavy (non-hydrogen) atoms. The first-order chi connectivity index (χ1) is 7.96. The van der Waals surface area contributed by atoms with E-state index in [0.717, 1.165) is 11.0 Å². The fraction of sp³-hybridized carbons (Fsp3) is 0.385. The van der Waals surface area contributed by atoms with Gasteiger partial charge in [-0.25, -0.2) is 4.98 Å². The average Bonchev–Trinajstić information content (AvgIpc) is 2.59. The zero-order chi connectivity index (χ0) is 12.5. The molecule has 0 aromatic carbocycles. The molecule has 2 aromatic rings. The molecule has 0 unspecified atom stereocenters. The topological polar surface area (TPSA) is 44.1 Å². The molecule has 0 N–H and O–H groups in total. The fourth-order valence-corrected chi connectivity index (χ4v) is 1.66. The lowest BCUT2D eigenvalue weighted by Crippen LogP contribution is -2.26. The van der Waals surface area contributed by atoms with Crippen LogP contribution in [-0.2, 0) is 16.1 Å². The fourth-order valence-electron chi connectivity index (χ4n) is 1.66. The van der Waals surface area contributed by atoms with Gasteiger partial charge in [0.25, 0.3) is 0 Å². The minimum atomic E-state index is -0.451. The van der Waals surface area contributed by atoms with Crippen molar-refractivity contribution in [1.82, 2.24) is 9.55 Å². The van der Waals surface area contributed by atoms with E-state index in [1.54, 1.807) is 10.8 Å². The van der Waals surface area contributed by atoms with Crippen molar-refractivity contribution in [3.05, 3.63) is 30.6 Å². The number of hydrogen-bond acceptors (Lipinski definition) is 3.